The molecule has 2 rings (SSSR count). The number of phenolic OH excluding ortho intramolecular Hbond substituents is 1. The lowest BCUT2D eigenvalue weighted by Crippen LogP contribution is -2.27. The van der Waals surface area contributed by atoms with Crippen molar-refractivity contribution in [2.24, 2.45) is 0 Å². The fourth-order valence-corrected chi connectivity index (χ4v) is 2.38. The Kier molecular flexibility index (Phi) is 6.03. The second-order valence-corrected chi connectivity index (χ2v) is 5.69. The molecule has 2 aromatic carbocycles. The summed E-state index contributed by atoms with van der Waals surface area (Å²) in [4.78, 5) is 32.4. The van der Waals surface area contributed by atoms with Gasteiger partial charge < -0.3 is 10.4 Å². The Morgan fingerprint density at radius 1 is 1.21 bits per heavy atom. The number of hydrogen-bond acceptors (Lipinski definition) is 7. The molecule has 28 heavy (non-hydrogen) atoms. The van der Waals surface area contributed by atoms with E-state index >= 15 is 0 Å². The fraction of sp³-hybridized carbons (Fsp3) is 0.111. The first-order chi connectivity index (χ1) is 13.2. The van der Waals surface area contributed by atoms with E-state index in [9.17, 15) is 35.4 Å². The highest BCUT2D eigenvalue weighted by molar-refractivity contribution is 6.02. The van der Waals surface area contributed by atoms with Gasteiger partial charge in [0.15, 0.2) is 0 Å². The average Bonchev–Trinajstić information content (AvgIpc) is 2.67. The van der Waals surface area contributed by atoms with Gasteiger partial charge in [0, 0.05) is 11.6 Å². The Labute approximate surface area is 158 Å². The number of nitrogens with one attached hydrogen (secondary N) is 1. The maximum absolute atomic E-state index is 12.4. The first kappa shape index (κ1) is 20.1. The molecule has 142 valence electrons. The molecule has 10 heteroatoms. The van der Waals surface area contributed by atoms with Gasteiger partial charge in [-0.2, -0.15) is 5.26 Å². The van der Waals surface area contributed by atoms with E-state index < -0.39 is 44.5 Å². The number of rotatable bonds is 6. The lowest BCUT2D eigenvalue weighted by Gasteiger charge is -2.13. The van der Waals surface area contributed by atoms with Crippen LogP contribution in [0.2, 0.25) is 0 Å². The number of carbonyl (C=O) groups excluding carboxylic acids is 1. The summed E-state index contributed by atoms with van der Waals surface area (Å²) in [6.07, 6.45) is 0.863. The summed E-state index contributed by atoms with van der Waals surface area (Å²) in [5.41, 5.74) is -1.66. The van der Waals surface area contributed by atoms with E-state index in [0.29, 0.717) is 6.07 Å². The smallest absolute Gasteiger partial charge is 0.318 e. The number of amides is 1. The third-order valence-corrected chi connectivity index (χ3v) is 3.82. The number of hydrogen-bond donors (Lipinski definition) is 2. The number of nitrogens with zero attached hydrogens (tertiary/aromatic N) is 3. The van der Waals surface area contributed by atoms with E-state index in [2.05, 4.69) is 5.32 Å². The molecule has 1 amide bonds. The molecule has 0 unspecified atom stereocenters. The Hall–Kier alpha value is -4.26. The molecular formula is C18H14N4O6. The van der Waals surface area contributed by atoms with Crippen LogP contribution in [0.25, 0.3) is 6.08 Å². The van der Waals surface area contributed by atoms with E-state index in [-0.39, 0.29) is 5.56 Å². The number of nitro benzene ring substituents is 2. The van der Waals surface area contributed by atoms with Gasteiger partial charge in [0.25, 0.3) is 11.6 Å². The van der Waals surface area contributed by atoms with Gasteiger partial charge >= 0.3 is 5.69 Å². The van der Waals surface area contributed by atoms with Crippen LogP contribution in [0.15, 0.2) is 48.0 Å². The van der Waals surface area contributed by atoms with E-state index in [1.54, 1.807) is 43.3 Å². The topological polar surface area (TPSA) is 159 Å². The normalized spacial score (nSPS) is 11.9. The molecule has 0 bridgehead atoms. The summed E-state index contributed by atoms with van der Waals surface area (Å²) in [6.45, 7) is 1.69. The highest BCUT2D eigenvalue weighted by Gasteiger charge is 2.24. The largest absolute Gasteiger partial charge is 0.502 e. The molecule has 0 aliphatic heterocycles. The zero-order chi connectivity index (χ0) is 20.8. The van der Waals surface area contributed by atoms with Crippen molar-refractivity contribution in [2.45, 2.75) is 13.0 Å². The van der Waals surface area contributed by atoms with E-state index in [1.807, 2.05) is 0 Å². The summed E-state index contributed by atoms with van der Waals surface area (Å²) < 4.78 is 0. The third-order valence-electron chi connectivity index (χ3n) is 3.82. The van der Waals surface area contributed by atoms with Gasteiger partial charge in [-0.05, 0) is 18.6 Å². The highest BCUT2D eigenvalue weighted by Crippen LogP contribution is 2.35. The number of carbonyl (C=O) groups is 1. The highest BCUT2D eigenvalue weighted by atomic mass is 16.6. The second kappa shape index (κ2) is 8.41. The van der Waals surface area contributed by atoms with Crippen LogP contribution in [0.5, 0.6) is 5.75 Å². The average molecular weight is 382 g/mol. The molecule has 10 nitrogen and oxygen atoms in total. The predicted octanol–water partition coefficient (Wildman–Crippen LogP) is 2.99. The molecule has 0 aliphatic carbocycles. The minimum absolute atomic E-state index is 0.389. The van der Waals surface area contributed by atoms with Crippen molar-refractivity contribution in [2.75, 3.05) is 0 Å². The van der Waals surface area contributed by atoms with Crippen LogP contribution in [0.3, 0.4) is 0 Å². The van der Waals surface area contributed by atoms with Gasteiger partial charge in [-0.3, -0.25) is 25.0 Å². The Bertz CT molecular complexity index is 1010. The molecular weight excluding hydrogens is 368 g/mol. The van der Waals surface area contributed by atoms with Crippen LogP contribution in [0.4, 0.5) is 11.4 Å². The van der Waals surface area contributed by atoms with Gasteiger partial charge in [0.05, 0.1) is 22.0 Å². The molecule has 0 spiro atoms. The van der Waals surface area contributed by atoms with E-state index in [1.165, 1.54) is 0 Å². The SMILES string of the molecule is C[C@H](NC(=O)/C(C#N)=C\c1cc([N+](=O)[O-])cc([N+](=O)[O-])c1O)c1ccccc1. The van der Waals surface area contributed by atoms with Crippen molar-refractivity contribution < 1.29 is 19.7 Å². The standard InChI is InChI=1S/C18H14N4O6/c1-11(12-5-3-2-4-6-12)20-18(24)14(10-19)7-13-8-15(21(25)26)9-16(17(13)23)22(27)28/h2-9,11,23H,1H3,(H,20,24)/b14-7-/t11-/m0/s1. The van der Waals surface area contributed by atoms with Gasteiger partial charge in [-0.25, -0.2) is 0 Å². The quantitative estimate of drug-likeness (QED) is 0.336. The number of non-ortho nitro benzene ring substituents is 1. The molecule has 2 aromatic rings. The molecule has 0 heterocycles. The number of aromatic hydroxyl groups is 1. The first-order valence-electron chi connectivity index (χ1n) is 7.88. The lowest BCUT2D eigenvalue weighted by molar-refractivity contribution is -0.394. The zero-order valence-corrected chi connectivity index (χ0v) is 14.5. The molecule has 1 atom stereocenters. The van der Waals surface area contributed by atoms with Crippen LogP contribution in [-0.2, 0) is 4.79 Å². The molecule has 2 N–H and O–H groups in total. The minimum Gasteiger partial charge on any atom is -0.502 e. The van der Waals surface area contributed by atoms with Gasteiger partial charge in [0.2, 0.25) is 5.75 Å². The van der Waals surface area contributed by atoms with E-state index in [4.69, 9.17) is 0 Å². The molecule has 0 saturated carbocycles. The van der Waals surface area contributed by atoms with Crippen molar-refractivity contribution in [3.8, 4) is 11.8 Å². The van der Waals surface area contributed by atoms with Crippen molar-refractivity contribution in [1.29, 1.82) is 5.26 Å². The first-order valence-corrected chi connectivity index (χ1v) is 7.88. The van der Waals surface area contributed by atoms with Gasteiger partial charge in [-0.1, -0.05) is 30.3 Å². The van der Waals surface area contributed by atoms with Crippen molar-refractivity contribution in [1.82, 2.24) is 5.32 Å². The maximum Gasteiger partial charge on any atom is 0.318 e. The fourth-order valence-electron chi connectivity index (χ4n) is 2.38. The molecule has 0 saturated heterocycles. The summed E-state index contributed by atoms with van der Waals surface area (Å²) >= 11 is 0. The van der Waals surface area contributed by atoms with Gasteiger partial charge in [-0.15, -0.1) is 0 Å². The Balaban J connectivity index is 2.41. The van der Waals surface area contributed by atoms with Crippen LogP contribution in [0, 0.1) is 31.6 Å². The Morgan fingerprint density at radius 3 is 2.39 bits per heavy atom. The lowest BCUT2D eigenvalue weighted by atomic mass is 10.1. The molecule has 0 fully saturated rings. The van der Waals surface area contributed by atoms with Crippen LogP contribution >= 0.6 is 0 Å². The van der Waals surface area contributed by atoms with Crippen molar-refractivity contribution >= 4 is 23.4 Å². The van der Waals surface area contributed by atoms with E-state index in [0.717, 1.165) is 17.7 Å². The number of phenols is 1. The monoisotopic (exact) mass is 382 g/mol. The third kappa shape index (κ3) is 4.47. The Morgan fingerprint density at radius 2 is 1.86 bits per heavy atom. The number of nitro groups is 2. The maximum atomic E-state index is 12.4. The predicted molar refractivity (Wildman–Crippen MR) is 98.0 cm³/mol. The summed E-state index contributed by atoms with van der Waals surface area (Å²) in [6, 6.07) is 11.5. The van der Waals surface area contributed by atoms with Crippen LogP contribution in [-0.4, -0.2) is 20.9 Å². The van der Waals surface area contributed by atoms with Gasteiger partial charge in [0.1, 0.15) is 11.6 Å². The number of nitriles is 1. The molecule has 0 aliphatic rings. The van der Waals surface area contributed by atoms with Crippen molar-refractivity contribution in [3.63, 3.8) is 0 Å². The number of benzene rings is 2. The second-order valence-electron chi connectivity index (χ2n) is 5.69. The summed E-state index contributed by atoms with van der Waals surface area (Å²) in [7, 11) is 0. The minimum atomic E-state index is -0.997. The molecule has 0 aromatic heterocycles. The zero-order valence-electron chi connectivity index (χ0n) is 14.5. The van der Waals surface area contributed by atoms with Crippen LogP contribution in [0.1, 0.15) is 24.1 Å². The summed E-state index contributed by atoms with van der Waals surface area (Å²) in [5, 5.41) is 43.8. The van der Waals surface area contributed by atoms with Crippen molar-refractivity contribution in [3.05, 3.63) is 79.4 Å². The molecule has 0 radical (unpaired) electrons. The van der Waals surface area contributed by atoms with Crippen LogP contribution < -0.4 is 5.32 Å². The summed E-state index contributed by atoms with van der Waals surface area (Å²) in [5.74, 6) is -1.68.